The predicted octanol–water partition coefficient (Wildman–Crippen LogP) is 0.848. The van der Waals surface area contributed by atoms with Gasteiger partial charge in [-0.3, -0.25) is 4.79 Å². The zero-order valence-electron chi connectivity index (χ0n) is 12.4. The van der Waals surface area contributed by atoms with Crippen LogP contribution in [0.15, 0.2) is 24.3 Å². The average Bonchev–Trinajstić information content (AvgIpc) is 2.99. The Morgan fingerprint density at radius 3 is 2.65 bits per heavy atom. The molecule has 8 heteroatoms. The summed E-state index contributed by atoms with van der Waals surface area (Å²) in [7, 11) is 0. The zero-order valence-corrected chi connectivity index (χ0v) is 12.4. The molecule has 23 heavy (non-hydrogen) atoms. The van der Waals surface area contributed by atoms with Crippen molar-refractivity contribution in [3.05, 3.63) is 29.8 Å². The van der Waals surface area contributed by atoms with Crippen LogP contribution in [0.1, 0.15) is 12.5 Å². The van der Waals surface area contributed by atoms with E-state index in [1.54, 1.807) is 24.3 Å². The van der Waals surface area contributed by atoms with E-state index in [1.165, 1.54) is 6.92 Å². The number of benzene rings is 1. The van der Waals surface area contributed by atoms with Crippen molar-refractivity contribution in [2.45, 2.75) is 13.0 Å². The van der Waals surface area contributed by atoms with E-state index in [1.807, 2.05) is 6.07 Å². The number of nitriles is 1. The number of hydrogen-bond acceptors (Lipinski definition) is 7. The number of ether oxygens (including phenoxy) is 3. The Labute approximate surface area is 132 Å². The Morgan fingerprint density at radius 2 is 2.09 bits per heavy atom. The molecule has 0 N–H and O–H groups in total. The van der Waals surface area contributed by atoms with Gasteiger partial charge in [0.1, 0.15) is 12.4 Å². The summed E-state index contributed by atoms with van der Waals surface area (Å²) in [6.07, 6.45) is -1.69. The fourth-order valence-electron chi connectivity index (χ4n) is 1.81. The van der Waals surface area contributed by atoms with Crippen LogP contribution < -0.4 is 4.74 Å². The first-order chi connectivity index (χ1) is 11.0. The van der Waals surface area contributed by atoms with Crippen LogP contribution >= 0.6 is 0 Å². The summed E-state index contributed by atoms with van der Waals surface area (Å²) in [6.45, 7) is 1.19. The smallest absolute Gasteiger partial charge is 0.416 e. The van der Waals surface area contributed by atoms with Gasteiger partial charge in [0.15, 0.2) is 12.7 Å². The lowest BCUT2D eigenvalue weighted by Gasteiger charge is -2.15. The lowest BCUT2D eigenvalue weighted by atomic mass is 10.2. The van der Waals surface area contributed by atoms with Crippen LogP contribution in [0.2, 0.25) is 0 Å². The molecule has 8 nitrogen and oxygen atoms in total. The zero-order chi connectivity index (χ0) is 16.8. The molecule has 1 heterocycles. The molecule has 0 saturated carbocycles. The second-order valence-electron chi connectivity index (χ2n) is 4.66. The molecule has 120 valence electrons. The SMILES string of the molecule is C[C@@H](Oc1ccc(C#N)cc1)C(=O)OCC(=O)N1CCOC1=O. The molecule has 2 rings (SSSR count). The molecular weight excluding hydrogens is 304 g/mol. The normalized spacial score (nSPS) is 14.6. The molecule has 0 radical (unpaired) electrons. The monoisotopic (exact) mass is 318 g/mol. The molecule has 1 aliphatic heterocycles. The molecule has 1 fully saturated rings. The standard InChI is InChI=1S/C15H14N2O6/c1-10(23-12-4-2-11(8-16)3-5-12)14(19)22-9-13(18)17-6-7-21-15(17)20/h2-5,10H,6-7,9H2,1H3/t10-/m1/s1. The van der Waals surface area contributed by atoms with Gasteiger partial charge in [0, 0.05) is 0 Å². The Bertz CT molecular complexity index is 649. The van der Waals surface area contributed by atoms with Crippen LogP contribution in [0.5, 0.6) is 5.75 Å². The molecule has 1 aromatic carbocycles. The lowest BCUT2D eigenvalue weighted by molar-refractivity contribution is -0.156. The van der Waals surface area contributed by atoms with Crippen molar-refractivity contribution in [3.63, 3.8) is 0 Å². The molecule has 1 saturated heterocycles. The number of hydrogen-bond donors (Lipinski definition) is 0. The van der Waals surface area contributed by atoms with Crippen LogP contribution in [0, 0.1) is 11.3 Å². The second kappa shape index (κ2) is 7.26. The summed E-state index contributed by atoms with van der Waals surface area (Å²) < 4.78 is 14.8. The van der Waals surface area contributed by atoms with Gasteiger partial charge in [-0.15, -0.1) is 0 Å². The van der Waals surface area contributed by atoms with Crippen molar-refractivity contribution in [1.29, 1.82) is 5.26 Å². The summed E-state index contributed by atoms with van der Waals surface area (Å²) in [4.78, 5) is 35.5. The molecule has 0 aromatic heterocycles. The number of carbonyl (C=O) groups is 3. The highest BCUT2D eigenvalue weighted by atomic mass is 16.6. The number of amides is 2. The first kappa shape index (κ1) is 16.3. The molecule has 1 atom stereocenters. The molecule has 0 bridgehead atoms. The average molecular weight is 318 g/mol. The summed E-state index contributed by atoms with van der Waals surface area (Å²) in [5.74, 6) is -0.996. The van der Waals surface area contributed by atoms with Crippen LogP contribution in [-0.2, 0) is 19.1 Å². The largest absolute Gasteiger partial charge is 0.479 e. The van der Waals surface area contributed by atoms with E-state index in [4.69, 9.17) is 14.7 Å². The van der Waals surface area contributed by atoms with Gasteiger partial charge in [0.05, 0.1) is 18.2 Å². The fourth-order valence-corrected chi connectivity index (χ4v) is 1.81. The predicted molar refractivity (Wildman–Crippen MR) is 75.3 cm³/mol. The Morgan fingerprint density at radius 1 is 1.39 bits per heavy atom. The Hall–Kier alpha value is -3.08. The molecule has 1 aromatic rings. The number of rotatable bonds is 5. The maximum absolute atomic E-state index is 11.8. The number of carbonyl (C=O) groups excluding carboxylic acids is 3. The summed E-state index contributed by atoms with van der Waals surface area (Å²) in [5.41, 5.74) is 0.468. The Kier molecular flexibility index (Phi) is 5.15. The van der Waals surface area contributed by atoms with E-state index in [2.05, 4.69) is 4.74 Å². The van der Waals surface area contributed by atoms with Crippen molar-refractivity contribution < 1.29 is 28.6 Å². The lowest BCUT2D eigenvalue weighted by Crippen LogP contribution is -2.37. The second-order valence-corrected chi connectivity index (χ2v) is 4.66. The highest BCUT2D eigenvalue weighted by molar-refractivity contribution is 5.94. The molecule has 2 amide bonds. The minimum atomic E-state index is -0.943. The third-order valence-corrected chi connectivity index (χ3v) is 3.03. The van der Waals surface area contributed by atoms with Gasteiger partial charge >= 0.3 is 12.1 Å². The molecule has 0 unspecified atom stereocenters. The molecule has 0 spiro atoms. The number of nitrogens with zero attached hydrogens (tertiary/aromatic N) is 2. The van der Waals surface area contributed by atoms with Crippen LogP contribution in [-0.4, -0.2) is 48.7 Å². The highest BCUT2D eigenvalue weighted by Gasteiger charge is 2.29. The van der Waals surface area contributed by atoms with E-state index in [0.29, 0.717) is 11.3 Å². The van der Waals surface area contributed by atoms with Gasteiger partial charge in [-0.2, -0.15) is 5.26 Å². The van der Waals surface area contributed by atoms with Gasteiger partial charge in [0.2, 0.25) is 0 Å². The quantitative estimate of drug-likeness (QED) is 0.741. The van der Waals surface area contributed by atoms with E-state index < -0.39 is 30.7 Å². The highest BCUT2D eigenvalue weighted by Crippen LogP contribution is 2.14. The summed E-state index contributed by atoms with van der Waals surface area (Å²) in [6, 6.07) is 8.17. The van der Waals surface area contributed by atoms with Gasteiger partial charge in [-0.05, 0) is 31.2 Å². The topological polar surface area (TPSA) is 106 Å². The minimum Gasteiger partial charge on any atom is -0.479 e. The van der Waals surface area contributed by atoms with E-state index in [0.717, 1.165) is 4.90 Å². The van der Waals surface area contributed by atoms with E-state index in [-0.39, 0.29) is 13.2 Å². The molecular formula is C15H14N2O6. The van der Waals surface area contributed by atoms with Gasteiger partial charge in [-0.25, -0.2) is 14.5 Å². The van der Waals surface area contributed by atoms with Gasteiger partial charge < -0.3 is 14.2 Å². The van der Waals surface area contributed by atoms with Crippen LogP contribution in [0.3, 0.4) is 0 Å². The first-order valence-corrected chi connectivity index (χ1v) is 6.82. The van der Waals surface area contributed by atoms with Gasteiger partial charge in [0.25, 0.3) is 5.91 Å². The summed E-state index contributed by atoms with van der Waals surface area (Å²) in [5, 5.41) is 8.70. The molecule has 0 aliphatic carbocycles. The fraction of sp³-hybridized carbons (Fsp3) is 0.333. The van der Waals surface area contributed by atoms with Crippen LogP contribution in [0.25, 0.3) is 0 Å². The minimum absolute atomic E-state index is 0.136. The van der Waals surface area contributed by atoms with Crippen molar-refractivity contribution in [2.75, 3.05) is 19.8 Å². The number of cyclic esters (lactones) is 1. The van der Waals surface area contributed by atoms with Crippen molar-refractivity contribution in [1.82, 2.24) is 4.90 Å². The number of imide groups is 1. The van der Waals surface area contributed by atoms with Gasteiger partial charge in [-0.1, -0.05) is 0 Å². The maximum Gasteiger partial charge on any atom is 0.416 e. The maximum atomic E-state index is 11.8. The molecule has 1 aliphatic rings. The van der Waals surface area contributed by atoms with Crippen molar-refractivity contribution in [2.24, 2.45) is 0 Å². The van der Waals surface area contributed by atoms with Crippen molar-refractivity contribution in [3.8, 4) is 11.8 Å². The van der Waals surface area contributed by atoms with Crippen molar-refractivity contribution >= 4 is 18.0 Å². The van der Waals surface area contributed by atoms with E-state index in [9.17, 15) is 14.4 Å². The number of esters is 1. The third-order valence-electron chi connectivity index (χ3n) is 3.03. The third kappa shape index (κ3) is 4.20. The first-order valence-electron chi connectivity index (χ1n) is 6.82. The summed E-state index contributed by atoms with van der Waals surface area (Å²) >= 11 is 0. The van der Waals surface area contributed by atoms with E-state index >= 15 is 0 Å². The van der Waals surface area contributed by atoms with Crippen LogP contribution in [0.4, 0.5) is 4.79 Å². The Balaban J connectivity index is 1.81.